The molecule has 2 N–H and O–H groups in total. The number of ketones is 1. The highest BCUT2D eigenvalue weighted by atomic mass is 16.5. The number of amides is 1. The first-order valence-electron chi connectivity index (χ1n) is 11.8. The van der Waals surface area contributed by atoms with Gasteiger partial charge in [-0.15, -0.1) is 0 Å². The molecule has 0 saturated heterocycles. The third-order valence-corrected chi connectivity index (χ3v) is 6.74. The predicted molar refractivity (Wildman–Crippen MR) is 138 cm³/mol. The van der Waals surface area contributed by atoms with Crippen LogP contribution in [-0.2, 0) is 16.0 Å². The molecule has 182 valence electrons. The van der Waals surface area contributed by atoms with Crippen LogP contribution in [-0.4, -0.2) is 33.9 Å². The van der Waals surface area contributed by atoms with Crippen molar-refractivity contribution in [1.82, 2.24) is 9.97 Å². The van der Waals surface area contributed by atoms with E-state index in [4.69, 9.17) is 4.74 Å². The minimum Gasteiger partial charge on any atom is -0.503 e. The molecule has 7 nitrogen and oxygen atoms in total. The molecular weight excluding hydrogens is 454 g/mol. The second-order valence-electron chi connectivity index (χ2n) is 9.04. The van der Waals surface area contributed by atoms with Crippen LogP contribution in [0.1, 0.15) is 34.7 Å². The molecule has 7 heteroatoms. The van der Waals surface area contributed by atoms with Gasteiger partial charge in [0, 0.05) is 6.42 Å². The Labute approximate surface area is 209 Å². The van der Waals surface area contributed by atoms with Crippen molar-refractivity contribution in [2.75, 3.05) is 12.0 Å². The van der Waals surface area contributed by atoms with Gasteiger partial charge < -0.3 is 14.8 Å². The van der Waals surface area contributed by atoms with Crippen LogP contribution in [0.4, 0.5) is 5.95 Å². The summed E-state index contributed by atoms with van der Waals surface area (Å²) in [4.78, 5) is 36.1. The van der Waals surface area contributed by atoms with Crippen molar-refractivity contribution >= 4 is 28.7 Å². The van der Waals surface area contributed by atoms with Gasteiger partial charge in [0.25, 0.3) is 5.91 Å². The Morgan fingerprint density at radius 2 is 1.75 bits per heavy atom. The molecule has 0 spiro atoms. The summed E-state index contributed by atoms with van der Waals surface area (Å²) in [7, 11) is 1.57. The molecule has 1 aromatic heterocycles. The molecule has 1 aliphatic heterocycles. The lowest BCUT2D eigenvalue weighted by Crippen LogP contribution is -2.32. The monoisotopic (exact) mass is 481 g/mol. The highest BCUT2D eigenvalue weighted by Crippen LogP contribution is 2.41. The van der Waals surface area contributed by atoms with E-state index in [-0.39, 0.29) is 23.7 Å². The first-order valence-corrected chi connectivity index (χ1v) is 11.8. The highest BCUT2D eigenvalue weighted by Gasteiger charge is 2.45. The molecule has 4 aromatic rings. The van der Waals surface area contributed by atoms with E-state index < -0.39 is 17.7 Å². The van der Waals surface area contributed by atoms with Gasteiger partial charge in [-0.3, -0.25) is 14.5 Å². The largest absolute Gasteiger partial charge is 0.503 e. The van der Waals surface area contributed by atoms with Gasteiger partial charge in [-0.2, -0.15) is 0 Å². The molecule has 36 heavy (non-hydrogen) atoms. The number of ether oxygens (including phenoxy) is 1. The number of imidazole rings is 1. The van der Waals surface area contributed by atoms with Gasteiger partial charge in [-0.1, -0.05) is 42.5 Å². The molecule has 0 aliphatic carbocycles. The average Bonchev–Trinajstić information content (AvgIpc) is 3.40. The molecule has 3 aromatic carbocycles. The first-order chi connectivity index (χ1) is 17.4. The Hall–Kier alpha value is -4.39. The normalized spacial score (nSPS) is 15.7. The number of rotatable bonds is 7. The van der Waals surface area contributed by atoms with E-state index >= 15 is 0 Å². The summed E-state index contributed by atoms with van der Waals surface area (Å²) >= 11 is 0. The van der Waals surface area contributed by atoms with E-state index in [1.165, 1.54) is 4.90 Å². The summed E-state index contributed by atoms with van der Waals surface area (Å²) < 4.78 is 5.28. The number of carbonyl (C=O) groups excluding carboxylic acids is 2. The molecule has 1 unspecified atom stereocenters. The predicted octanol–water partition coefficient (Wildman–Crippen LogP) is 5.29. The number of benzene rings is 3. The number of methoxy groups -OCH3 is 1. The minimum atomic E-state index is -0.825. The zero-order valence-corrected chi connectivity index (χ0v) is 20.4. The lowest BCUT2D eigenvalue weighted by molar-refractivity contribution is -0.118. The van der Waals surface area contributed by atoms with Gasteiger partial charge in [-0.25, -0.2) is 4.98 Å². The SMILES string of the molecule is COc1ccc(C2C(C(=O)CCc3ccccc3)=C(O)C(=O)N2c2nc3cc(C)c(C)cc3[nH]2)cc1. The molecule has 1 atom stereocenters. The Morgan fingerprint density at radius 3 is 2.44 bits per heavy atom. The van der Waals surface area contributed by atoms with E-state index in [2.05, 4.69) is 9.97 Å². The molecule has 1 amide bonds. The van der Waals surface area contributed by atoms with Gasteiger partial charge in [0.1, 0.15) is 5.75 Å². The molecule has 0 fully saturated rings. The quantitative estimate of drug-likeness (QED) is 0.374. The maximum absolute atomic E-state index is 13.5. The van der Waals surface area contributed by atoms with Crippen molar-refractivity contribution in [3.63, 3.8) is 0 Å². The number of anilines is 1. The molecule has 2 heterocycles. The van der Waals surface area contributed by atoms with Crippen LogP contribution in [0.3, 0.4) is 0 Å². The third-order valence-electron chi connectivity index (χ3n) is 6.74. The van der Waals surface area contributed by atoms with Gasteiger partial charge in [0.05, 0.1) is 29.8 Å². The van der Waals surface area contributed by atoms with E-state index in [1.807, 2.05) is 56.3 Å². The van der Waals surface area contributed by atoms with Crippen LogP contribution in [0.2, 0.25) is 0 Å². The third kappa shape index (κ3) is 4.13. The lowest BCUT2D eigenvalue weighted by Gasteiger charge is -2.24. The van der Waals surface area contributed by atoms with E-state index in [0.29, 0.717) is 23.3 Å². The Bertz CT molecular complexity index is 1450. The summed E-state index contributed by atoms with van der Waals surface area (Å²) in [6.45, 7) is 4.01. The Morgan fingerprint density at radius 1 is 1.06 bits per heavy atom. The fourth-order valence-corrected chi connectivity index (χ4v) is 4.62. The van der Waals surface area contributed by atoms with Crippen molar-refractivity contribution in [1.29, 1.82) is 0 Å². The van der Waals surface area contributed by atoms with Gasteiger partial charge in [-0.05, 0) is 66.8 Å². The minimum absolute atomic E-state index is 0.0777. The number of aromatic amines is 1. The second kappa shape index (κ2) is 9.34. The van der Waals surface area contributed by atoms with Crippen LogP contribution < -0.4 is 9.64 Å². The number of aryl methyl sites for hydroxylation is 3. The topological polar surface area (TPSA) is 95.5 Å². The molecule has 1 aliphatic rings. The van der Waals surface area contributed by atoms with E-state index in [1.54, 1.807) is 31.4 Å². The van der Waals surface area contributed by atoms with Crippen molar-refractivity contribution in [2.45, 2.75) is 32.7 Å². The molecule has 0 saturated carbocycles. The Balaban J connectivity index is 1.56. The zero-order chi connectivity index (χ0) is 25.4. The van der Waals surface area contributed by atoms with Crippen LogP contribution in [0.15, 0.2) is 78.1 Å². The van der Waals surface area contributed by atoms with Gasteiger partial charge in [0.2, 0.25) is 5.95 Å². The number of hydrogen-bond donors (Lipinski definition) is 2. The first kappa shape index (κ1) is 23.4. The molecular formula is C29H27N3O4. The molecule has 0 radical (unpaired) electrons. The summed E-state index contributed by atoms with van der Waals surface area (Å²) in [5, 5.41) is 11.0. The van der Waals surface area contributed by atoms with Crippen LogP contribution >= 0.6 is 0 Å². The summed E-state index contributed by atoms with van der Waals surface area (Å²) in [5.74, 6) is -0.559. The van der Waals surface area contributed by atoms with E-state index in [9.17, 15) is 14.7 Å². The molecule has 5 rings (SSSR count). The molecule has 0 bridgehead atoms. The summed E-state index contributed by atoms with van der Waals surface area (Å²) in [6, 6.07) is 19.9. The number of Topliss-reactive ketones (excluding diaryl/α,β-unsaturated/α-hetero) is 1. The highest BCUT2D eigenvalue weighted by molar-refractivity contribution is 6.16. The Kier molecular flexibility index (Phi) is 6.06. The maximum atomic E-state index is 13.5. The average molecular weight is 482 g/mol. The van der Waals surface area contributed by atoms with Crippen molar-refractivity contribution < 1.29 is 19.4 Å². The van der Waals surface area contributed by atoms with Gasteiger partial charge in [0.15, 0.2) is 11.5 Å². The maximum Gasteiger partial charge on any atom is 0.296 e. The zero-order valence-electron chi connectivity index (χ0n) is 20.4. The fraction of sp³-hybridized carbons (Fsp3) is 0.207. The summed E-state index contributed by atoms with van der Waals surface area (Å²) in [6.07, 6.45) is 0.666. The second-order valence-corrected chi connectivity index (χ2v) is 9.04. The number of aromatic nitrogens is 2. The number of aliphatic hydroxyl groups excluding tert-OH is 1. The van der Waals surface area contributed by atoms with Gasteiger partial charge >= 0.3 is 0 Å². The number of nitrogens with one attached hydrogen (secondary N) is 1. The number of fused-ring (bicyclic) bond motifs is 1. The van der Waals surface area contributed by atoms with Crippen molar-refractivity contribution in [3.05, 3.63) is 100 Å². The number of H-pyrrole nitrogens is 1. The van der Waals surface area contributed by atoms with Crippen LogP contribution in [0.5, 0.6) is 5.75 Å². The number of nitrogens with zero attached hydrogens (tertiary/aromatic N) is 2. The van der Waals surface area contributed by atoms with Crippen molar-refractivity contribution in [2.24, 2.45) is 0 Å². The van der Waals surface area contributed by atoms with Crippen LogP contribution in [0, 0.1) is 13.8 Å². The number of hydrogen-bond acceptors (Lipinski definition) is 5. The lowest BCUT2D eigenvalue weighted by atomic mass is 9.93. The fourth-order valence-electron chi connectivity index (χ4n) is 4.62. The van der Waals surface area contributed by atoms with E-state index in [0.717, 1.165) is 22.2 Å². The van der Waals surface area contributed by atoms with Crippen molar-refractivity contribution in [3.8, 4) is 5.75 Å². The number of aliphatic hydroxyl groups is 1. The van der Waals surface area contributed by atoms with Crippen LogP contribution in [0.25, 0.3) is 11.0 Å². The number of carbonyl (C=O) groups is 2. The smallest absolute Gasteiger partial charge is 0.296 e. The standard InChI is InChI=1S/C29H27N3O4/c1-17-15-22-23(16-18(17)2)31-29(30-22)32-26(20-10-12-21(36-3)13-11-20)25(27(34)28(32)35)24(33)14-9-19-7-5-4-6-8-19/h4-8,10-13,15-16,26,34H,9,14H2,1-3H3,(H,30,31). The summed E-state index contributed by atoms with van der Waals surface area (Å²) in [5.41, 5.74) is 5.41.